The molecule has 0 saturated carbocycles. The Labute approximate surface area is 131 Å². The number of hydrogen-bond donors (Lipinski definition) is 1. The number of aliphatic carboxylic acids is 1. The standard InChI is InChI=1S/C17H25NO4/c1-4-22-15-6-5-14(11-16(15)21-3)12(2)18-9-7-13(8-10-18)17(19)20/h5-6,11-13H,4,7-10H2,1-3H3,(H,19,20). The SMILES string of the molecule is CCOc1ccc(C(C)N2CCC(C(=O)O)CC2)cc1OC. The quantitative estimate of drug-likeness (QED) is 0.875. The van der Waals surface area contributed by atoms with Gasteiger partial charge in [-0.3, -0.25) is 9.69 Å². The minimum absolute atomic E-state index is 0.196. The molecule has 122 valence electrons. The highest BCUT2D eigenvalue weighted by Gasteiger charge is 2.27. The fraction of sp³-hybridized carbons (Fsp3) is 0.588. The molecule has 1 aromatic carbocycles. The largest absolute Gasteiger partial charge is 0.493 e. The molecule has 1 saturated heterocycles. The zero-order valence-corrected chi connectivity index (χ0v) is 13.5. The van der Waals surface area contributed by atoms with Crippen LogP contribution in [0.25, 0.3) is 0 Å². The number of carbonyl (C=O) groups is 1. The molecule has 2 rings (SSSR count). The van der Waals surface area contributed by atoms with Crippen molar-refractivity contribution in [3.8, 4) is 11.5 Å². The Bertz CT molecular complexity index is 509. The molecular formula is C17H25NO4. The lowest BCUT2D eigenvalue weighted by Gasteiger charge is -2.35. The van der Waals surface area contributed by atoms with Gasteiger partial charge in [-0.05, 0) is 57.5 Å². The van der Waals surface area contributed by atoms with Crippen molar-refractivity contribution in [3.05, 3.63) is 23.8 Å². The summed E-state index contributed by atoms with van der Waals surface area (Å²) in [5, 5.41) is 9.08. The molecule has 0 radical (unpaired) electrons. The summed E-state index contributed by atoms with van der Waals surface area (Å²) in [4.78, 5) is 13.4. The first-order chi connectivity index (χ1) is 10.6. The highest BCUT2D eigenvalue weighted by Crippen LogP contribution is 2.33. The van der Waals surface area contributed by atoms with Crippen molar-refractivity contribution in [1.29, 1.82) is 0 Å². The molecule has 0 amide bonds. The van der Waals surface area contributed by atoms with E-state index in [-0.39, 0.29) is 12.0 Å². The third-order valence-electron chi connectivity index (χ3n) is 4.40. The molecule has 0 spiro atoms. The normalized spacial score (nSPS) is 18.0. The summed E-state index contributed by atoms with van der Waals surface area (Å²) in [6.45, 7) is 6.33. The van der Waals surface area contributed by atoms with Crippen LogP contribution < -0.4 is 9.47 Å². The highest BCUT2D eigenvalue weighted by molar-refractivity contribution is 5.70. The summed E-state index contributed by atoms with van der Waals surface area (Å²) in [6, 6.07) is 6.25. The van der Waals surface area contributed by atoms with E-state index in [0.717, 1.165) is 30.2 Å². The summed E-state index contributed by atoms with van der Waals surface area (Å²) < 4.78 is 10.9. The summed E-state index contributed by atoms with van der Waals surface area (Å²) >= 11 is 0. The molecule has 1 aromatic rings. The van der Waals surface area contributed by atoms with Crippen molar-refractivity contribution in [2.75, 3.05) is 26.8 Å². The lowest BCUT2D eigenvalue weighted by atomic mass is 9.95. The maximum absolute atomic E-state index is 11.0. The first kappa shape index (κ1) is 16.6. The van der Waals surface area contributed by atoms with Crippen molar-refractivity contribution in [1.82, 2.24) is 4.90 Å². The second kappa shape index (κ2) is 7.49. The molecule has 1 N–H and O–H groups in total. The van der Waals surface area contributed by atoms with Gasteiger partial charge >= 0.3 is 5.97 Å². The van der Waals surface area contributed by atoms with Crippen LogP contribution in [0, 0.1) is 5.92 Å². The maximum atomic E-state index is 11.0. The van der Waals surface area contributed by atoms with Crippen molar-refractivity contribution in [2.24, 2.45) is 5.92 Å². The van der Waals surface area contributed by atoms with E-state index in [0.29, 0.717) is 19.4 Å². The van der Waals surface area contributed by atoms with Crippen LogP contribution in [0.4, 0.5) is 0 Å². The minimum atomic E-state index is -0.671. The first-order valence-electron chi connectivity index (χ1n) is 7.84. The van der Waals surface area contributed by atoms with Gasteiger partial charge in [-0.25, -0.2) is 0 Å². The van der Waals surface area contributed by atoms with Crippen LogP contribution in [0.2, 0.25) is 0 Å². The first-order valence-corrected chi connectivity index (χ1v) is 7.84. The zero-order chi connectivity index (χ0) is 16.1. The van der Waals surface area contributed by atoms with E-state index in [9.17, 15) is 4.79 Å². The fourth-order valence-corrected chi connectivity index (χ4v) is 2.96. The average Bonchev–Trinajstić information content (AvgIpc) is 2.55. The van der Waals surface area contributed by atoms with E-state index in [1.807, 2.05) is 19.1 Å². The van der Waals surface area contributed by atoms with Crippen LogP contribution in [0.1, 0.15) is 38.3 Å². The second-order valence-corrected chi connectivity index (χ2v) is 5.67. The van der Waals surface area contributed by atoms with Crippen LogP contribution in [0.3, 0.4) is 0 Å². The van der Waals surface area contributed by atoms with Crippen molar-refractivity contribution in [2.45, 2.75) is 32.7 Å². The Morgan fingerprint density at radius 1 is 1.36 bits per heavy atom. The third kappa shape index (κ3) is 3.71. The lowest BCUT2D eigenvalue weighted by molar-refractivity contribution is -0.143. The van der Waals surface area contributed by atoms with Gasteiger partial charge in [0.2, 0.25) is 0 Å². The molecule has 5 heteroatoms. The average molecular weight is 307 g/mol. The number of ether oxygens (including phenoxy) is 2. The van der Waals surface area contributed by atoms with Gasteiger partial charge in [-0.1, -0.05) is 6.07 Å². The predicted molar refractivity (Wildman–Crippen MR) is 84.5 cm³/mol. The van der Waals surface area contributed by atoms with Gasteiger partial charge in [0.05, 0.1) is 19.6 Å². The summed E-state index contributed by atoms with van der Waals surface area (Å²) in [5.74, 6) is 0.630. The van der Waals surface area contributed by atoms with Gasteiger partial charge in [-0.15, -0.1) is 0 Å². The molecule has 0 bridgehead atoms. The van der Waals surface area contributed by atoms with E-state index < -0.39 is 5.97 Å². The van der Waals surface area contributed by atoms with Gasteiger partial charge in [0.1, 0.15) is 0 Å². The van der Waals surface area contributed by atoms with Gasteiger partial charge in [0.25, 0.3) is 0 Å². The van der Waals surface area contributed by atoms with E-state index in [1.54, 1.807) is 7.11 Å². The number of carboxylic acids is 1. The van der Waals surface area contributed by atoms with Crippen molar-refractivity contribution < 1.29 is 19.4 Å². The summed E-state index contributed by atoms with van der Waals surface area (Å²) in [6.07, 6.45) is 1.43. The minimum Gasteiger partial charge on any atom is -0.493 e. The fourth-order valence-electron chi connectivity index (χ4n) is 2.96. The smallest absolute Gasteiger partial charge is 0.306 e. The second-order valence-electron chi connectivity index (χ2n) is 5.67. The summed E-state index contributed by atoms with van der Waals surface area (Å²) in [5.41, 5.74) is 1.16. The topological polar surface area (TPSA) is 59.0 Å². The van der Waals surface area contributed by atoms with Crippen LogP contribution in [0.15, 0.2) is 18.2 Å². The summed E-state index contributed by atoms with van der Waals surface area (Å²) in [7, 11) is 1.64. The van der Waals surface area contributed by atoms with E-state index in [1.165, 1.54) is 0 Å². The monoisotopic (exact) mass is 307 g/mol. The van der Waals surface area contributed by atoms with Gasteiger partial charge in [-0.2, -0.15) is 0 Å². The lowest BCUT2D eigenvalue weighted by Crippen LogP contribution is -2.37. The molecule has 1 aliphatic rings. The molecule has 1 aliphatic heterocycles. The Hall–Kier alpha value is -1.75. The van der Waals surface area contributed by atoms with E-state index in [2.05, 4.69) is 17.9 Å². The Morgan fingerprint density at radius 2 is 2.05 bits per heavy atom. The number of benzene rings is 1. The Balaban J connectivity index is 2.06. The highest BCUT2D eigenvalue weighted by atomic mass is 16.5. The number of carboxylic acid groups (broad SMARTS) is 1. The maximum Gasteiger partial charge on any atom is 0.306 e. The molecule has 0 aromatic heterocycles. The van der Waals surface area contributed by atoms with Crippen LogP contribution in [-0.4, -0.2) is 42.8 Å². The molecule has 5 nitrogen and oxygen atoms in total. The molecule has 1 heterocycles. The van der Waals surface area contributed by atoms with Crippen molar-refractivity contribution >= 4 is 5.97 Å². The molecule has 0 aliphatic carbocycles. The Kier molecular flexibility index (Phi) is 5.66. The molecular weight excluding hydrogens is 282 g/mol. The van der Waals surface area contributed by atoms with Gasteiger partial charge in [0, 0.05) is 6.04 Å². The van der Waals surface area contributed by atoms with Crippen molar-refractivity contribution in [3.63, 3.8) is 0 Å². The third-order valence-corrected chi connectivity index (χ3v) is 4.40. The predicted octanol–water partition coefficient (Wildman–Crippen LogP) is 2.95. The van der Waals surface area contributed by atoms with Gasteiger partial charge < -0.3 is 14.6 Å². The molecule has 22 heavy (non-hydrogen) atoms. The number of hydrogen-bond acceptors (Lipinski definition) is 4. The van der Waals surface area contributed by atoms with Gasteiger partial charge in [0.15, 0.2) is 11.5 Å². The van der Waals surface area contributed by atoms with Crippen LogP contribution in [0.5, 0.6) is 11.5 Å². The number of piperidine rings is 1. The number of likely N-dealkylation sites (tertiary alicyclic amines) is 1. The molecule has 1 fully saturated rings. The zero-order valence-electron chi connectivity index (χ0n) is 13.5. The van der Waals surface area contributed by atoms with E-state index >= 15 is 0 Å². The number of methoxy groups -OCH3 is 1. The molecule has 1 atom stereocenters. The molecule has 1 unspecified atom stereocenters. The Morgan fingerprint density at radius 3 is 2.59 bits per heavy atom. The van der Waals surface area contributed by atoms with Crippen LogP contribution in [-0.2, 0) is 4.79 Å². The number of nitrogens with zero attached hydrogens (tertiary/aromatic N) is 1. The van der Waals surface area contributed by atoms with E-state index in [4.69, 9.17) is 14.6 Å². The van der Waals surface area contributed by atoms with Crippen LogP contribution >= 0.6 is 0 Å². The number of rotatable bonds is 6.